The van der Waals surface area contributed by atoms with Crippen molar-refractivity contribution in [1.82, 2.24) is 0 Å². The summed E-state index contributed by atoms with van der Waals surface area (Å²) in [6.45, 7) is 23.8. The molecule has 12 aliphatic rings. The molecule has 0 amide bonds. The van der Waals surface area contributed by atoms with E-state index in [0.717, 1.165) is 58.7 Å². The van der Waals surface area contributed by atoms with Gasteiger partial charge in [-0.1, -0.05) is 99.5 Å². The SMILES string of the molecule is CC1(C)CCC(C)(C)C2=CC3C(C=C21)C1C=C2C(=CC1C3C1(C)C3CCCCC3C3CC(C45CC6CC(CC(C6)C4)C5)CC31)C(C)(C)CCC2(C)C.[CH3-].[CH3-].[Cl][Zr+2][Cl]. The summed E-state index contributed by atoms with van der Waals surface area (Å²) in [6.07, 6.45) is 36.4. The maximum absolute atomic E-state index is 4.93. The Morgan fingerprint density at radius 2 is 0.877 bits per heavy atom. The molecular weight excluding hydrogens is 811 g/mol. The van der Waals surface area contributed by atoms with Gasteiger partial charge >= 0.3 is 37.9 Å². The molecule has 0 spiro atoms. The van der Waals surface area contributed by atoms with Gasteiger partial charge in [0.25, 0.3) is 0 Å². The summed E-state index contributed by atoms with van der Waals surface area (Å²) in [5.74, 6) is 11.8. The molecule has 12 aliphatic carbocycles. The van der Waals surface area contributed by atoms with Crippen LogP contribution in [0.25, 0.3) is 0 Å². The number of hydrogen-bond acceptors (Lipinski definition) is 0. The Morgan fingerprint density at radius 1 is 0.491 bits per heavy atom. The number of rotatable bonds is 2. The van der Waals surface area contributed by atoms with E-state index >= 15 is 0 Å². The minimum absolute atomic E-state index is 0. The average Bonchev–Trinajstić information content (AvgIpc) is 3.78. The molecule has 0 aliphatic heterocycles. The van der Waals surface area contributed by atoms with Crippen molar-refractivity contribution in [2.75, 3.05) is 0 Å². The third-order valence-corrected chi connectivity index (χ3v) is 21.1. The molecule has 57 heavy (non-hydrogen) atoms. The first kappa shape index (κ1) is 44.0. The van der Waals surface area contributed by atoms with Crippen LogP contribution in [0, 0.1) is 124 Å². The molecule has 0 aromatic heterocycles. The number of allylic oxidation sites excluding steroid dienone is 8. The maximum atomic E-state index is 4.93. The average molecular weight is 893 g/mol. The van der Waals surface area contributed by atoms with Crippen LogP contribution < -0.4 is 0 Å². The summed E-state index contributed by atoms with van der Waals surface area (Å²) >= 11 is -0.826. The van der Waals surface area contributed by atoms with Crippen molar-refractivity contribution in [2.45, 2.75) is 165 Å². The molecule has 10 atom stereocenters. The molecule has 0 aromatic carbocycles. The van der Waals surface area contributed by atoms with Crippen LogP contribution in [0.5, 0.6) is 0 Å². The van der Waals surface area contributed by atoms with Gasteiger partial charge in [-0.3, -0.25) is 0 Å². The van der Waals surface area contributed by atoms with E-state index in [2.05, 4.69) is 86.6 Å². The molecule has 10 fully saturated rings. The number of fused-ring (bicyclic) bond motifs is 8. The van der Waals surface area contributed by atoms with Crippen molar-refractivity contribution >= 4 is 17.0 Å². The van der Waals surface area contributed by atoms with E-state index in [1.54, 1.807) is 80.1 Å². The van der Waals surface area contributed by atoms with Crippen molar-refractivity contribution < 1.29 is 20.8 Å². The van der Waals surface area contributed by atoms with Crippen molar-refractivity contribution in [2.24, 2.45) is 109 Å². The monoisotopic (exact) mass is 890 g/mol. The Hall–Kier alpha value is 0.423. The van der Waals surface area contributed by atoms with Gasteiger partial charge in [-0.15, -0.1) is 0 Å². The van der Waals surface area contributed by atoms with Crippen LogP contribution in [0.1, 0.15) is 165 Å². The van der Waals surface area contributed by atoms with E-state index < -0.39 is 20.8 Å². The van der Waals surface area contributed by atoms with Crippen LogP contribution in [0.15, 0.2) is 46.6 Å². The van der Waals surface area contributed by atoms with Crippen LogP contribution >= 0.6 is 17.0 Å². The Kier molecular flexibility index (Phi) is 11.4. The van der Waals surface area contributed by atoms with Crippen LogP contribution in [-0.2, 0) is 20.8 Å². The van der Waals surface area contributed by atoms with E-state index in [-0.39, 0.29) is 14.9 Å². The molecule has 0 nitrogen and oxygen atoms in total. The molecule has 0 N–H and O–H groups in total. The molecule has 316 valence electrons. The van der Waals surface area contributed by atoms with Crippen molar-refractivity contribution in [1.29, 1.82) is 0 Å². The third kappa shape index (κ3) is 6.49. The van der Waals surface area contributed by atoms with Gasteiger partial charge in [0, 0.05) is 0 Å². The molecule has 3 heteroatoms. The van der Waals surface area contributed by atoms with Crippen molar-refractivity contribution in [3.63, 3.8) is 0 Å². The second kappa shape index (κ2) is 14.7. The van der Waals surface area contributed by atoms with Gasteiger partial charge in [0.2, 0.25) is 0 Å². The van der Waals surface area contributed by atoms with Crippen molar-refractivity contribution in [3.8, 4) is 0 Å². The van der Waals surface area contributed by atoms with Crippen LogP contribution in [-0.4, -0.2) is 0 Å². The molecule has 4 bridgehead atoms. The van der Waals surface area contributed by atoms with Crippen LogP contribution in [0.4, 0.5) is 0 Å². The molecule has 10 unspecified atom stereocenters. The topological polar surface area (TPSA) is 0 Å². The Balaban J connectivity index is 0.000000884. The minimum atomic E-state index is -0.826. The van der Waals surface area contributed by atoms with Gasteiger partial charge in [-0.05, 0) is 222 Å². The van der Waals surface area contributed by atoms with Gasteiger partial charge < -0.3 is 14.9 Å². The third-order valence-electron chi connectivity index (χ3n) is 21.1. The van der Waals surface area contributed by atoms with E-state index in [1.807, 2.05) is 0 Å². The molecule has 10 saturated carbocycles. The molecule has 0 radical (unpaired) electrons. The van der Waals surface area contributed by atoms with E-state index in [1.165, 1.54) is 44.9 Å². The molecule has 0 aromatic rings. The fourth-order valence-corrected chi connectivity index (χ4v) is 18.9. The van der Waals surface area contributed by atoms with E-state index in [9.17, 15) is 0 Å². The predicted octanol–water partition coefficient (Wildman–Crippen LogP) is 16.5. The van der Waals surface area contributed by atoms with Crippen LogP contribution in [0.3, 0.4) is 0 Å². The normalized spacial score (nSPS) is 49.1. The molecule has 0 saturated heterocycles. The van der Waals surface area contributed by atoms with Gasteiger partial charge in [0.05, 0.1) is 0 Å². The van der Waals surface area contributed by atoms with Gasteiger partial charge in [0.1, 0.15) is 0 Å². The fraction of sp³-hybridized carbons (Fsp3) is 0.815. The zero-order valence-electron chi connectivity index (χ0n) is 38.4. The first-order valence-corrected chi connectivity index (χ1v) is 30.1. The second-order valence-corrected chi connectivity index (χ2v) is 29.1. The van der Waals surface area contributed by atoms with Crippen molar-refractivity contribution in [3.05, 3.63) is 61.4 Å². The molecule has 12 rings (SSSR count). The van der Waals surface area contributed by atoms with Gasteiger partial charge in [0.15, 0.2) is 0 Å². The van der Waals surface area contributed by atoms with E-state index in [0.29, 0.717) is 50.7 Å². The summed E-state index contributed by atoms with van der Waals surface area (Å²) in [7, 11) is 9.87. The zero-order chi connectivity index (χ0) is 38.7. The van der Waals surface area contributed by atoms with Crippen LogP contribution in [0.2, 0.25) is 0 Å². The molecule has 0 heterocycles. The quantitative estimate of drug-likeness (QED) is 0.242. The van der Waals surface area contributed by atoms with Gasteiger partial charge in [-0.25, -0.2) is 0 Å². The summed E-state index contributed by atoms with van der Waals surface area (Å²) in [4.78, 5) is 0. The summed E-state index contributed by atoms with van der Waals surface area (Å²) < 4.78 is 0. The predicted molar refractivity (Wildman–Crippen MR) is 242 cm³/mol. The Morgan fingerprint density at radius 3 is 1.30 bits per heavy atom. The van der Waals surface area contributed by atoms with E-state index in [4.69, 9.17) is 17.0 Å². The first-order chi connectivity index (χ1) is 25.9. The number of halogens is 2. The van der Waals surface area contributed by atoms with Gasteiger partial charge in [-0.2, -0.15) is 0 Å². The zero-order valence-corrected chi connectivity index (χ0v) is 42.4. The Bertz CT molecular complexity index is 1590. The first-order valence-electron chi connectivity index (χ1n) is 23.8. The number of hydrogen-bond donors (Lipinski definition) is 0. The standard InChI is InChI=1S/C52H76.2CH3.2ClH.Zr/c1-47(2)14-16-49(5,6)44-25-38-35(23-42(44)47)36-24-43-45(50(7,8)17-15-48(43,3)4)26-39(36)46(38)51(9)40-13-11-10-12-34(40)37-21-33(22-41(37)51)52-27-30-18-31(28-52)20-32(19-30)29-52;;;;;/h23-26,30-41,46H,10-22,27-29H2,1-9H3;2*1H3;2*1H;/q;2*-1;;;+4/p-2. The second-order valence-electron chi connectivity index (χ2n) is 25.4. The summed E-state index contributed by atoms with van der Waals surface area (Å²) in [5.41, 5.74) is 9.45. The summed E-state index contributed by atoms with van der Waals surface area (Å²) in [6, 6.07) is 0. The fourth-order valence-electron chi connectivity index (χ4n) is 18.9. The Labute approximate surface area is 371 Å². The summed E-state index contributed by atoms with van der Waals surface area (Å²) in [5, 5.41) is 0. The molecular formula is C54H82Cl2Zr.